The van der Waals surface area contributed by atoms with Crippen LogP contribution < -0.4 is 10.1 Å². The summed E-state index contributed by atoms with van der Waals surface area (Å²) in [4.78, 5) is 4.36. The lowest BCUT2D eigenvalue weighted by molar-refractivity contribution is 0.306. The Labute approximate surface area is 181 Å². The van der Waals surface area contributed by atoms with Gasteiger partial charge < -0.3 is 10.1 Å². The van der Waals surface area contributed by atoms with Crippen LogP contribution in [0.4, 0.5) is 11.4 Å². The number of pyridine rings is 1. The molecule has 1 heterocycles. The van der Waals surface area contributed by atoms with E-state index < -0.39 is 0 Å². The van der Waals surface area contributed by atoms with Crippen LogP contribution in [0.5, 0.6) is 5.75 Å². The van der Waals surface area contributed by atoms with Gasteiger partial charge >= 0.3 is 0 Å². The van der Waals surface area contributed by atoms with E-state index in [0.717, 1.165) is 26.6 Å². The second kappa shape index (κ2) is 8.52. The Bertz CT molecular complexity index is 1220. The largest absolute Gasteiger partial charge is 0.487 e. The van der Waals surface area contributed by atoms with Gasteiger partial charge in [0.2, 0.25) is 0 Å². The van der Waals surface area contributed by atoms with Gasteiger partial charge in [-0.25, -0.2) is 0 Å². The van der Waals surface area contributed by atoms with Crippen molar-refractivity contribution in [3.63, 3.8) is 0 Å². The minimum absolute atomic E-state index is 0.440. The molecular weight excluding hydrogens is 450 g/mol. The first-order valence-electron chi connectivity index (χ1n) is 8.86. The highest BCUT2D eigenvalue weighted by atomic mass is 79.9. The Morgan fingerprint density at radius 1 is 1.07 bits per heavy atom. The molecule has 6 heteroatoms. The predicted molar refractivity (Wildman–Crippen MR) is 120 cm³/mol. The summed E-state index contributed by atoms with van der Waals surface area (Å²) in [6.07, 6.45) is 1.57. The molecule has 29 heavy (non-hydrogen) atoms. The molecule has 142 valence electrons. The third-order valence-corrected chi connectivity index (χ3v) is 5.18. The van der Waals surface area contributed by atoms with Gasteiger partial charge in [0.1, 0.15) is 18.4 Å². The molecule has 0 aliphatic rings. The monoisotopic (exact) mass is 463 g/mol. The summed E-state index contributed by atoms with van der Waals surface area (Å²) in [5.74, 6) is 0.602. The third kappa shape index (κ3) is 4.34. The van der Waals surface area contributed by atoms with E-state index in [2.05, 4.69) is 32.3 Å². The fraction of sp³-hybridized carbons (Fsp3) is 0.0435. The van der Waals surface area contributed by atoms with Crippen LogP contribution in [0.25, 0.3) is 10.9 Å². The zero-order valence-electron chi connectivity index (χ0n) is 15.2. The highest BCUT2D eigenvalue weighted by Crippen LogP contribution is 2.33. The summed E-state index contributed by atoms with van der Waals surface area (Å²) in [6, 6.07) is 23.3. The van der Waals surface area contributed by atoms with Crippen LogP contribution in [0.1, 0.15) is 11.1 Å². The number of halogens is 2. The fourth-order valence-electron chi connectivity index (χ4n) is 2.96. The van der Waals surface area contributed by atoms with Crippen LogP contribution in [0.2, 0.25) is 5.02 Å². The molecular formula is C23H15BrClN3O. The van der Waals surface area contributed by atoms with Crippen LogP contribution in [0.15, 0.2) is 77.4 Å². The summed E-state index contributed by atoms with van der Waals surface area (Å²) >= 11 is 9.88. The number of fused-ring (bicyclic) bond motifs is 1. The average Bonchev–Trinajstić information content (AvgIpc) is 2.74. The number of hydrogen-bond acceptors (Lipinski definition) is 4. The SMILES string of the molecule is N#Cc1cnc2cc(Br)ccc2c1Nc1ccc(OCc2ccccc2)c(Cl)c1. The lowest BCUT2D eigenvalue weighted by Crippen LogP contribution is -1.98. The van der Waals surface area contributed by atoms with Crippen molar-refractivity contribution in [2.45, 2.75) is 6.61 Å². The summed E-state index contributed by atoms with van der Waals surface area (Å²) in [6.45, 7) is 0.440. The zero-order valence-corrected chi connectivity index (χ0v) is 17.5. The van der Waals surface area contributed by atoms with Crippen molar-refractivity contribution in [2.24, 2.45) is 0 Å². The maximum absolute atomic E-state index is 9.50. The molecule has 0 amide bonds. The zero-order chi connectivity index (χ0) is 20.2. The normalized spacial score (nSPS) is 10.5. The minimum Gasteiger partial charge on any atom is -0.487 e. The molecule has 1 aromatic heterocycles. The van der Waals surface area contributed by atoms with Crippen molar-refractivity contribution >= 4 is 49.8 Å². The van der Waals surface area contributed by atoms with Gasteiger partial charge in [0, 0.05) is 21.7 Å². The van der Waals surface area contributed by atoms with Crippen molar-refractivity contribution in [1.29, 1.82) is 5.26 Å². The molecule has 4 aromatic rings. The molecule has 0 saturated heterocycles. The highest BCUT2D eigenvalue weighted by Gasteiger charge is 2.11. The van der Waals surface area contributed by atoms with E-state index in [0.29, 0.717) is 28.6 Å². The molecule has 0 unspecified atom stereocenters. The smallest absolute Gasteiger partial charge is 0.138 e. The van der Waals surface area contributed by atoms with Crippen molar-refractivity contribution < 1.29 is 4.74 Å². The van der Waals surface area contributed by atoms with E-state index in [1.807, 2.05) is 60.7 Å². The Balaban J connectivity index is 1.60. The van der Waals surface area contributed by atoms with Gasteiger partial charge in [-0.05, 0) is 42.0 Å². The van der Waals surface area contributed by atoms with Crippen LogP contribution in [0, 0.1) is 11.3 Å². The number of anilines is 2. The van der Waals surface area contributed by atoms with E-state index in [1.165, 1.54) is 0 Å². The molecule has 0 fully saturated rings. The van der Waals surface area contributed by atoms with Crippen LogP contribution >= 0.6 is 27.5 Å². The topological polar surface area (TPSA) is 57.9 Å². The number of rotatable bonds is 5. The van der Waals surface area contributed by atoms with Crippen molar-refractivity contribution in [2.75, 3.05) is 5.32 Å². The molecule has 1 N–H and O–H groups in total. The van der Waals surface area contributed by atoms with E-state index in [-0.39, 0.29) is 0 Å². The first-order valence-corrected chi connectivity index (χ1v) is 10.0. The van der Waals surface area contributed by atoms with E-state index in [9.17, 15) is 5.26 Å². The van der Waals surface area contributed by atoms with E-state index >= 15 is 0 Å². The maximum atomic E-state index is 9.50. The standard InChI is InChI=1S/C23H15BrClN3O/c24-17-6-8-19-21(10-17)27-13-16(12-26)23(19)28-18-7-9-22(20(25)11-18)29-14-15-4-2-1-3-5-15/h1-11,13H,14H2,(H,27,28). The number of nitrogens with one attached hydrogen (secondary N) is 1. The number of aromatic nitrogens is 1. The Hall–Kier alpha value is -3.07. The van der Waals surface area contributed by atoms with Gasteiger partial charge in [-0.1, -0.05) is 57.9 Å². The predicted octanol–water partition coefficient (Wildman–Crippen LogP) is 6.84. The molecule has 0 saturated carbocycles. The second-order valence-electron chi connectivity index (χ2n) is 6.36. The average molecular weight is 465 g/mol. The van der Waals surface area contributed by atoms with Crippen molar-refractivity contribution in [3.8, 4) is 11.8 Å². The molecule has 0 radical (unpaired) electrons. The van der Waals surface area contributed by atoms with Gasteiger partial charge in [-0.3, -0.25) is 4.98 Å². The quantitative estimate of drug-likeness (QED) is 0.351. The molecule has 0 atom stereocenters. The summed E-state index contributed by atoms with van der Waals surface area (Å²) < 4.78 is 6.76. The highest BCUT2D eigenvalue weighted by molar-refractivity contribution is 9.10. The van der Waals surface area contributed by atoms with Gasteiger partial charge in [0.25, 0.3) is 0 Å². The third-order valence-electron chi connectivity index (χ3n) is 4.39. The molecule has 4 nitrogen and oxygen atoms in total. The maximum Gasteiger partial charge on any atom is 0.138 e. The summed E-state index contributed by atoms with van der Waals surface area (Å²) in [7, 11) is 0. The van der Waals surface area contributed by atoms with Gasteiger partial charge in [-0.2, -0.15) is 5.26 Å². The molecule has 4 rings (SSSR count). The fourth-order valence-corrected chi connectivity index (χ4v) is 3.55. The van der Waals surface area contributed by atoms with Crippen molar-refractivity contribution in [3.05, 3.63) is 93.5 Å². The van der Waals surface area contributed by atoms with E-state index in [1.54, 1.807) is 12.3 Å². The first kappa shape index (κ1) is 19.3. The Kier molecular flexibility index (Phi) is 5.66. The summed E-state index contributed by atoms with van der Waals surface area (Å²) in [5.41, 5.74) is 3.77. The van der Waals surface area contributed by atoms with Gasteiger partial charge in [-0.15, -0.1) is 0 Å². The van der Waals surface area contributed by atoms with Gasteiger partial charge in [0.15, 0.2) is 0 Å². The van der Waals surface area contributed by atoms with Crippen LogP contribution in [-0.4, -0.2) is 4.98 Å². The summed E-state index contributed by atoms with van der Waals surface area (Å²) in [5, 5.41) is 14.2. The number of nitrogens with zero attached hydrogens (tertiary/aromatic N) is 2. The lowest BCUT2D eigenvalue weighted by Gasteiger charge is -2.14. The Morgan fingerprint density at radius 3 is 2.66 bits per heavy atom. The first-order chi connectivity index (χ1) is 14.1. The van der Waals surface area contributed by atoms with Gasteiger partial charge in [0.05, 0.1) is 21.8 Å². The van der Waals surface area contributed by atoms with E-state index in [4.69, 9.17) is 16.3 Å². The number of ether oxygens (including phenoxy) is 1. The second-order valence-corrected chi connectivity index (χ2v) is 7.69. The minimum atomic E-state index is 0.440. The Morgan fingerprint density at radius 2 is 1.90 bits per heavy atom. The molecule has 0 spiro atoms. The number of benzene rings is 3. The molecule has 3 aromatic carbocycles. The molecule has 0 bridgehead atoms. The van der Waals surface area contributed by atoms with Crippen molar-refractivity contribution in [1.82, 2.24) is 4.98 Å². The van der Waals surface area contributed by atoms with Crippen LogP contribution in [0.3, 0.4) is 0 Å². The number of nitriles is 1. The molecule has 0 aliphatic carbocycles. The lowest BCUT2D eigenvalue weighted by atomic mass is 10.1. The van der Waals surface area contributed by atoms with Crippen LogP contribution in [-0.2, 0) is 6.61 Å². The number of hydrogen-bond donors (Lipinski definition) is 1. The molecule has 0 aliphatic heterocycles.